The third-order valence-corrected chi connectivity index (χ3v) is 4.35. The summed E-state index contributed by atoms with van der Waals surface area (Å²) in [5, 5.41) is 8.40. The maximum atomic E-state index is 6.00. The molecule has 0 spiro atoms. The van der Waals surface area contributed by atoms with Crippen molar-refractivity contribution in [1.29, 1.82) is 0 Å². The predicted molar refractivity (Wildman–Crippen MR) is 88.5 cm³/mol. The first kappa shape index (κ1) is 15.6. The van der Waals surface area contributed by atoms with Gasteiger partial charge in [0.15, 0.2) is 0 Å². The van der Waals surface area contributed by atoms with Gasteiger partial charge < -0.3 is 14.7 Å². The van der Waals surface area contributed by atoms with Crippen molar-refractivity contribution in [2.45, 2.75) is 25.8 Å². The molecule has 0 radical (unpaired) electrons. The Morgan fingerprint density at radius 3 is 2.55 bits per heavy atom. The first-order valence-corrected chi connectivity index (χ1v) is 8.18. The van der Waals surface area contributed by atoms with Crippen LogP contribution in [0.3, 0.4) is 0 Å². The van der Waals surface area contributed by atoms with Gasteiger partial charge in [-0.05, 0) is 37.6 Å². The molecule has 22 heavy (non-hydrogen) atoms. The topological polar surface area (TPSA) is 54.2 Å². The van der Waals surface area contributed by atoms with Gasteiger partial charge in [-0.25, -0.2) is 0 Å². The Hall–Kier alpha value is -1.30. The number of benzene rings is 1. The van der Waals surface area contributed by atoms with Gasteiger partial charge in [0.1, 0.15) is 0 Å². The lowest BCUT2D eigenvalue weighted by Gasteiger charge is -2.30. The minimum absolute atomic E-state index is 0.374. The van der Waals surface area contributed by atoms with E-state index in [4.69, 9.17) is 27.7 Å². The first-order valence-electron chi connectivity index (χ1n) is 7.43. The monoisotopic (exact) mass is 340 g/mol. The summed E-state index contributed by atoms with van der Waals surface area (Å²) in [6, 6.07) is 6.02. The van der Waals surface area contributed by atoms with Crippen LogP contribution < -0.4 is 5.32 Å². The maximum Gasteiger partial charge on any atom is 0.322 e. The Balaban J connectivity index is 1.66. The molecule has 7 heteroatoms. The maximum absolute atomic E-state index is 6.00. The molecule has 1 aromatic carbocycles. The molecule has 0 saturated carbocycles. The molecular weight excluding hydrogens is 323 g/mol. The molecule has 0 atom stereocenters. The fourth-order valence-corrected chi connectivity index (χ4v) is 3.18. The lowest BCUT2D eigenvalue weighted by molar-refractivity contribution is 0.228. The van der Waals surface area contributed by atoms with Crippen molar-refractivity contribution in [2.75, 3.05) is 25.0 Å². The van der Waals surface area contributed by atoms with E-state index >= 15 is 0 Å². The molecule has 0 unspecified atom stereocenters. The summed E-state index contributed by atoms with van der Waals surface area (Å²) in [6.45, 7) is 5.49. The smallest absolute Gasteiger partial charge is 0.322 e. The third kappa shape index (κ3) is 3.72. The number of hydrogen-bond acceptors (Lipinski definition) is 5. The number of nitrogens with one attached hydrogen (secondary N) is 1. The van der Waals surface area contributed by atoms with E-state index in [9.17, 15) is 0 Å². The zero-order chi connectivity index (χ0) is 15.5. The molecule has 1 N–H and O–H groups in total. The summed E-state index contributed by atoms with van der Waals surface area (Å²) in [5.74, 6) is 0.484. The lowest BCUT2D eigenvalue weighted by atomic mass is 10.1. The lowest BCUT2D eigenvalue weighted by Crippen LogP contribution is -2.38. The van der Waals surface area contributed by atoms with Crippen LogP contribution in [0.2, 0.25) is 10.0 Å². The van der Waals surface area contributed by atoms with Gasteiger partial charge in [0.2, 0.25) is 5.82 Å². The van der Waals surface area contributed by atoms with Gasteiger partial charge in [-0.15, -0.1) is 0 Å². The molecule has 1 saturated heterocycles. The molecule has 3 rings (SSSR count). The average molecular weight is 341 g/mol. The third-order valence-electron chi connectivity index (χ3n) is 3.91. The van der Waals surface area contributed by atoms with Crippen LogP contribution in [-0.2, 0) is 0 Å². The molecule has 0 aliphatic carbocycles. The van der Waals surface area contributed by atoms with E-state index in [1.807, 2.05) is 0 Å². The number of likely N-dealkylation sites (tertiary alicyclic amines) is 1. The van der Waals surface area contributed by atoms with Crippen molar-refractivity contribution in [3.05, 3.63) is 28.2 Å². The highest BCUT2D eigenvalue weighted by Crippen LogP contribution is 2.26. The van der Waals surface area contributed by atoms with Crippen molar-refractivity contribution in [1.82, 2.24) is 15.0 Å². The second-order valence-electron chi connectivity index (χ2n) is 5.43. The van der Waals surface area contributed by atoms with Crippen molar-refractivity contribution in [3.8, 4) is 11.4 Å². The number of halogens is 2. The van der Waals surface area contributed by atoms with Gasteiger partial charge in [0, 0.05) is 34.7 Å². The predicted octanol–water partition coefficient (Wildman–Crippen LogP) is 3.94. The summed E-state index contributed by atoms with van der Waals surface area (Å²) in [6.07, 6.45) is 2.16. The van der Waals surface area contributed by atoms with E-state index in [2.05, 4.69) is 27.3 Å². The normalized spacial score (nSPS) is 16.9. The Labute approximate surface area is 139 Å². The molecule has 2 aromatic rings. The summed E-state index contributed by atoms with van der Waals surface area (Å²) in [7, 11) is 0. The summed E-state index contributed by atoms with van der Waals surface area (Å²) in [5.41, 5.74) is 0.745. The fourth-order valence-electron chi connectivity index (χ4n) is 2.65. The SMILES string of the molecule is CCN1CCC(Nc2nc(-c3cc(Cl)cc(Cl)c3)no2)CC1. The molecule has 118 valence electrons. The minimum atomic E-state index is 0.374. The van der Waals surface area contributed by atoms with E-state index in [0.717, 1.165) is 38.0 Å². The van der Waals surface area contributed by atoms with Gasteiger partial charge in [0.25, 0.3) is 0 Å². The number of aromatic nitrogens is 2. The zero-order valence-electron chi connectivity index (χ0n) is 12.4. The molecule has 0 bridgehead atoms. The van der Waals surface area contributed by atoms with Crippen molar-refractivity contribution in [2.24, 2.45) is 0 Å². The number of piperidine rings is 1. The number of hydrogen-bond donors (Lipinski definition) is 1. The van der Waals surface area contributed by atoms with Crippen LogP contribution in [0.4, 0.5) is 6.01 Å². The highest BCUT2D eigenvalue weighted by atomic mass is 35.5. The number of rotatable bonds is 4. The van der Waals surface area contributed by atoms with E-state index in [1.54, 1.807) is 18.2 Å². The van der Waals surface area contributed by atoms with E-state index in [0.29, 0.717) is 27.9 Å². The largest absolute Gasteiger partial charge is 0.335 e. The minimum Gasteiger partial charge on any atom is -0.335 e. The fraction of sp³-hybridized carbons (Fsp3) is 0.467. The van der Waals surface area contributed by atoms with E-state index < -0.39 is 0 Å². The molecule has 2 heterocycles. The molecule has 5 nitrogen and oxygen atoms in total. The van der Waals surface area contributed by atoms with Gasteiger partial charge in [-0.3, -0.25) is 0 Å². The quantitative estimate of drug-likeness (QED) is 0.913. The van der Waals surface area contributed by atoms with Gasteiger partial charge in [0.05, 0.1) is 0 Å². The van der Waals surface area contributed by atoms with Crippen LogP contribution in [0.15, 0.2) is 22.7 Å². The highest BCUT2D eigenvalue weighted by molar-refractivity contribution is 6.35. The molecule has 1 aliphatic rings. The molecule has 1 fully saturated rings. The van der Waals surface area contributed by atoms with Crippen molar-refractivity contribution < 1.29 is 4.52 Å². The molecular formula is C15H18Cl2N4O. The number of nitrogens with zero attached hydrogens (tertiary/aromatic N) is 3. The molecule has 1 aromatic heterocycles. The van der Waals surface area contributed by atoms with Crippen LogP contribution in [-0.4, -0.2) is 40.7 Å². The van der Waals surface area contributed by atoms with Crippen LogP contribution in [0, 0.1) is 0 Å². The van der Waals surface area contributed by atoms with Crippen molar-refractivity contribution in [3.63, 3.8) is 0 Å². The van der Waals surface area contributed by atoms with Crippen LogP contribution >= 0.6 is 23.2 Å². The molecule has 0 amide bonds. The second-order valence-corrected chi connectivity index (χ2v) is 6.31. The van der Waals surface area contributed by atoms with Gasteiger partial charge in [-0.2, -0.15) is 4.98 Å². The number of anilines is 1. The average Bonchev–Trinajstić information content (AvgIpc) is 2.96. The molecule has 1 aliphatic heterocycles. The summed E-state index contributed by atoms with van der Waals surface area (Å²) in [4.78, 5) is 6.81. The van der Waals surface area contributed by atoms with Crippen LogP contribution in [0.1, 0.15) is 19.8 Å². The van der Waals surface area contributed by atoms with E-state index in [1.165, 1.54) is 0 Å². The Kier molecular flexibility index (Phi) is 4.86. The summed E-state index contributed by atoms with van der Waals surface area (Å²) < 4.78 is 5.28. The van der Waals surface area contributed by atoms with Gasteiger partial charge >= 0.3 is 6.01 Å². The van der Waals surface area contributed by atoms with E-state index in [-0.39, 0.29) is 0 Å². The zero-order valence-corrected chi connectivity index (χ0v) is 13.9. The van der Waals surface area contributed by atoms with Gasteiger partial charge in [-0.1, -0.05) is 35.3 Å². The first-order chi connectivity index (χ1) is 10.6. The van der Waals surface area contributed by atoms with Crippen molar-refractivity contribution >= 4 is 29.2 Å². The Morgan fingerprint density at radius 1 is 1.23 bits per heavy atom. The van der Waals surface area contributed by atoms with Crippen LogP contribution in [0.5, 0.6) is 0 Å². The summed E-state index contributed by atoms with van der Waals surface area (Å²) >= 11 is 12.0. The Morgan fingerprint density at radius 2 is 1.91 bits per heavy atom. The standard InChI is InChI=1S/C15H18Cl2N4O/c1-2-21-5-3-13(4-6-21)18-15-19-14(20-22-15)10-7-11(16)9-12(17)8-10/h7-9,13H,2-6H2,1H3,(H,18,19,20). The Bertz CT molecular complexity index is 618. The second kappa shape index (κ2) is 6.86. The van der Waals surface area contributed by atoms with Crippen LogP contribution in [0.25, 0.3) is 11.4 Å². The highest BCUT2D eigenvalue weighted by Gasteiger charge is 2.20.